The zero-order valence-electron chi connectivity index (χ0n) is 6.19. The van der Waals surface area contributed by atoms with E-state index in [1.807, 2.05) is 0 Å². The van der Waals surface area contributed by atoms with E-state index in [9.17, 15) is 0 Å². The molecule has 0 aliphatic rings. The number of halogens is 1. The van der Waals surface area contributed by atoms with Crippen LogP contribution in [0.25, 0.3) is 0 Å². The molecular weight excluding hydrogens is 168 g/mol. The minimum absolute atomic E-state index is 0. The highest BCUT2D eigenvalue weighted by Gasteiger charge is 1.97. The standard InChI is InChI=1S/C7H10O3.ClH/c1-6(8)4-10-7-2-3-9-5-7;/h2-3,5-6,8H,4H2,1H3;1H. The van der Waals surface area contributed by atoms with E-state index in [0.717, 1.165) is 0 Å². The number of rotatable bonds is 3. The van der Waals surface area contributed by atoms with Crippen LogP contribution in [0.15, 0.2) is 23.0 Å². The zero-order chi connectivity index (χ0) is 7.40. The largest absolute Gasteiger partial charge is 0.488 e. The Balaban J connectivity index is 0.000001000. The van der Waals surface area contributed by atoms with Gasteiger partial charge in [-0.15, -0.1) is 12.4 Å². The highest BCUT2D eigenvalue weighted by Crippen LogP contribution is 2.09. The molecule has 1 aromatic rings. The van der Waals surface area contributed by atoms with Crippen molar-refractivity contribution < 1.29 is 14.3 Å². The molecule has 0 aromatic carbocycles. The van der Waals surface area contributed by atoms with Crippen LogP contribution in [0.1, 0.15) is 6.92 Å². The first kappa shape index (κ1) is 10.3. The molecule has 0 saturated heterocycles. The Morgan fingerprint density at radius 1 is 1.73 bits per heavy atom. The number of hydrogen-bond acceptors (Lipinski definition) is 3. The minimum Gasteiger partial charge on any atom is -0.488 e. The van der Waals surface area contributed by atoms with Crippen molar-refractivity contribution in [3.05, 3.63) is 18.6 Å². The van der Waals surface area contributed by atoms with Gasteiger partial charge in [0.25, 0.3) is 0 Å². The van der Waals surface area contributed by atoms with E-state index in [1.54, 1.807) is 13.0 Å². The minimum atomic E-state index is -0.435. The molecule has 3 nitrogen and oxygen atoms in total. The van der Waals surface area contributed by atoms with Crippen LogP contribution in [-0.2, 0) is 0 Å². The van der Waals surface area contributed by atoms with Gasteiger partial charge in [0.15, 0.2) is 5.75 Å². The van der Waals surface area contributed by atoms with Crippen molar-refractivity contribution in [1.82, 2.24) is 0 Å². The molecule has 0 fully saturated rings. The molecule has 4 heteroatoms. The number of aliphatic hydroxyl groups excluding tert-OH is 1. The van der Waals surface area contributed by atoms with E-state index in [4.69, 9.17) is 14.3 Å². The van der Waals surface area contributed by atoms with E-state index >= 15 is 0 Å². The molecule has 0 radical (unpaired) electrons. The van der Waals surface area contributed by atoms with Crippen LogP contribution in [0.3, 0.4) is 0 Å². The van der Waals surface area contributed by atoms with E-state index in [2.05, 4.69) is 0 Å². The lowest BCUT2D eigenvalue weighted by molar-refractivity contribution is 0.122. The predicted molar refractivity (Wildman–Crippen MR) is 43.1 cm³/mol. The number of furan rings is 1. The lowest BCUT2D eigenvalue weighted by atomic mass is 10.4. The fraction of sp³-hybridized carbons (Fsp3) is 0.429. The fourth-order valence-corrected chi connectivity index (χ4v) is 0.551. The maximum absolute atomic E-state index is 8.80. The van der Waals surface area contributed by atoms with Crippen LogP contribution in [0.4, 0.5) is 0 Å². The van der Waals surface area contributed by atoms with Gasteiger partial charge in [0, 0.05) is 6.07 Å². The van der Waals surface area contributed by atoms with Gasteiger partial charge < -0.3 is 14.3 Å². The molecule has 0 amide bonds. The average molecular weight is 179 g/mol. The molecule has 0 aliphatic heterocycles. The highest BCUT2D eigenvalue weighted by atomic mass is 35.5. The van der Waals surface area contributed by atoms with Gasteiger partial charge in [-0.25, -0.2) is 0 Å². The van der Waals surface area contributed by atoms with Crippen molar-refractivity contribution >= 4 is 12.4 Å². The topological polar surface area (TPSA) is 42.6 Å². The van der Waals surface area contributed by atoms with E-state index in [-0.39, 0.29) is 12.4 Å². The Morgan fingerprint density at radius 3 is 2.91 bits per heavy atom. The quantitative estimate of drug-likeness (QED) is 0.762. The zero-order valence-corrected chi connectivity index (χ0v) is 7.00. The monoisotopic (exact) mass is 178 g/mol. The van der Waals surface area contributed by atoms with Crippen molar-refractivity contribution in [1.29, 1.82) is 0 Å². The van der Waals surface area contributed by atoms with Gasteiger partial charge in [-0.2, -0.15) is 0 Å². The Morgan fingerprint density at radius 2 is 2.45 bits per heavy atom. The second kappa shape index (κ2) is 5.04. The molecular formula is C7H11ClO3. The lowest BCUT2D eigenvalue weighted by Gasteiger charge is -2.03. The summed E-state index contributed by atoms with van der Waals surface area (Å²) in [6, 6.07) is 1.70. The van der Waals surface area contributed by atoms with Crippen LogP contribution in [0.2, 0.25) is 0 Å². The second-order valence-electron chi connectivity index (χ2n) is 2.12. The van der Waals surface area contributed by atoms with Gasteiger partial charge in [0.05, 0.1) is 12.4 Å². The Bertz CT molecular complexity index is 172. The summed E-state index contributed by atoms with van der Waals surface area (Å²) in [7, 11) is 0. The van der Waals surface area contributed by atoms with Crippen LogP contribution >= 0.6 is 12.4 Å². The van der Waals surface area contributed by atoms with E-state index < -0.39 is 6.10 Å². The van der Waals surface area contributed by atoms with Crippen molar-refractivity contribution in [2.24, 2.45) is 0 Å². The third-order valence-electron chi connectivity index (χ3n) is 0.986. The molecule has 0 bridgehead atoms. The summed E-state index contributed by atoms with van der Waals surface area (Å²) in [5.74, 6) is 0.654. The first-order valence-electron chi connectivity index (χ1n) is 3.12. The summed E-state index contributed by atoms with van der Waals surface area (Å²) < 4.78 is 9.80. The van der Waals surface area contributed by atoms with Crippen molar-refractivity contribution in [3.8, 4) is 5.75 Å². The van der Waals surface area contributed by atoms with Crippen molar-refractivity contribution in [2.45, 2.75) is 13.0 Å². The van der Waals surface area contributed by atoms with Crippen molar-refractivity contribution in [2.75, 3.05) is 6.61 Å². The molecule has 1 atom stereocenters. The van der Waals surface area contributed by atoms with Crippen LogP contribution in [0, 0.1) is 0 Å². The molecule has 1 N–H and O–H groups in total. The number of ether oxygens (including phenoxy) is 1. The summed E-state index contributed by atoms with van der Waals surface area (Å²) in [5.41, 5.74) is 0. The van der Waals surface area contributed by atoms with Crippen LogP contribution < -0.4 is 4.74 Å². The first-order valence-corrected chi connectivity index (χ1v) is 3.12. The van der Waals surface area contributed by atoms with Gasteiger partial charge in [0.2, 0.25) is 0 Å². The van der Waals surface area contributed by atoms with E-state index in [1.165, 1.54) is 12.5 Å². The van der Waals surface area contributed by atoms with Gasteiger partial charge in [-0.1, -0.05) is 0 Å². The smallest absolute Gasteiger partial charge is 0.157 e. The Kier molecular flexibility index (Phi) is 4.74. The summed E-state index contributed by atoms with van der Waals surface area (Å²) in [6.07, 6.45) is 2.58. The van der Waals surface area contributed by atoms with Crippen molar-refractivity contribution in [3.63, 3.8) is 0 Å². The lowest BCUT2D eigenvalue weighted by Crippen LogP contribution is -2.12. The Labute approximate surface area is 71.4 Å². The average Bonchev–Trinajstić information content (AvgIpc) is 2.34. The third-order valence-corrected chi connectivity index (χ3v) is 0.986. The molecule has 1 heterocycles. The maximum atomic E-state index is 8.80. The number of hydrogen-bond donors (Lipinski definition) is 1. The molecule has 0 spiro atoms. The third kappa shape index (κ3) is 3.91. The summed E-state index contributed by atoms with van der Waals surface area (Å²) >= 11 is 0. The maximum Gasteiger partial charge on any atom is 0.157 e. The summed E-state index contributed by atoms with van der Waals surface area (Å²) in [6.45, 7) is 1.97. The molecule has 1 unspecified atom stereocenters. The summed E-state index contributed by atoms with van der Waals surface area (Å²) in [5, 5.41) is 8.80. The van der Waals surface area contributed by atoms with Gasteiger partial charge in [-0.3, -0.25) is 0 Å². The SMILES string of the molecule is CC(O)COc1ccoc1.Cl. The van der Waals surface area contributed by atoms with Gasteiger partial charge in [0.1, 0.15) is 12.9 Å². The summed E-state index contributed by atoms with van der Waals surface area (Å²) in [4.78, 5) is 0. The van der Waals surface area contributed by atoms with Gasteiger partial charge >= 0.3 is 0 Å². The fourth-order valence-electron chi connectivity index (χ4n) is 0.551. The van der Waals surface area contributed by atoms with Crippen LogP contribution in [0.5, 0.6) is 5.75 Å². The molecule has 1 aromatic heterocycles. The molecule has 11 heavy (non-hydrogen) atoms. The number of aliphatic hydroxyl groups is 1. The first-order chi connectivity index (χ1) is 4.79. The van der Waals surface area contributed by atoms with Crippen LogP contribution in [-0.4, -0.2) is 17.8 Å². The predicted octanol–water partition coefficient (Wildman–Crippen LogP) is 1.46. The van der Waals surface area contributed by atoms with Gasteiger partial charge in [-0.05, 0) is 6.92 Å². The Hall–Kier alpha value is -0.670. The van der Waals surface area contributed by atoms with E-state index in [0.29, 0.717) is 12.4 Å². The normalized spacial score (nSPS) is 11.8. The highest BCUT2D eigenvalue weighted by molar-refractivity contribution is 5.85. The molecule has 64 valence electrons. The molecule has 0 aliphatic carbocycles. The molecule has 0 saturated carbocycles. The second-order valence-corrected chi connectivity index (χ2v) is 2.12. The molecule has 1 rings (SSSR count).